The van der Waals surface area contributed by atoms with Crippen LogP contribution in [-0.2, 0) is 14.6 Å². The smallest absolute Gasteiger partial charge is 0.259 e. The molecule has 0 bridgehead atoms. The van der Waals surface area contributed by atoms with Gasteiger partial charge in [0.15, 0.2) is 0 Å². The average Bonchev–Trinajstić information content (AvgIpc) is 2.41. The van der Waals surface area contributed by atoms with E-state index < -0.39 is 21.7 Å². The lowest BCUT2D eigenvalue weighted by Crippen LogP contribution is -2.34. The highest BCUT2D eigenvalue weighted by Gasteiger charge is 2.25. The normalized spacial score (nSPS) is 18.1. The van der Waals surface area contributed by atoms with Crippen LogP contribution in [0.1, 0.15) is 29.6 Å². The number of para-hydroxylation sites is 1. The first-order valence-electron chi connectivity index (χ1n) is 6.76. The van der Waals surface area contributed by atoms with E-state index in [4.69, 9.17) is 5.73 Å². The largest absolute Gasteiger partial charge is 0.398 e. The van der Waals surface area contributed by atoms with E-state index in [0.717, 1.165) is 0 Å². The molecule has 1 saturated heterocycles. The van der Waals surface area contributed by atoms with Crippen LogP contribution in [0.3, 0.4) is 0 Å². The van der Waals surface area contributed by atoms with Crippen molar-refractivity contribution in [2.75, 3.05) is 17.2 Å². The van der Waals surface area contributed by atoms with E-state index in [0.29, 0.717) is 18.5 Å². The summed E-state index contributed by atoms with van der Waals surface area (Å²) in [5.41, 5.74) is 6.25. The molecule has 1 fully saturated rings. The van der Waals surface area contributed by atoms with Crippen molar-refractivity contribution in [1.82, 2.24) is 5.32 Å². The van der Waals surface area contributed by atoms with E-state index >= 15 is 0 Å². The number of anilines is 1. The second-order valence-corrected chi connectivity index (χ2v) is 7.57. The summed E-state index contributed by atoms with van der Waals surface area (Å²) in [7, 11) is -2.94. The Morgan fingerprint density at radius 3 is 2.43 bits per heavy atom. The van der Waals surface area contributed by atoms with Gasteiger partial charge in [-0.2, -0.15) is 0 Å². The molecule has 0 spiro atoms. The van der Waals surface area contributed by atoms with Crippen LogP contribution in [0.15, 0.2) is 24.3 Å². The summed E-state index contributed by atoms with van der Waals surface area (Å²) >= 11 is 0. The van der Waals surface area contributed by atoms with Crippen molar-refractivity contribution in [1.29, 1.82) is 0 Å². The molecule has 7 heteroatoms. The van der Waals surface area contributed by atoms with Gasteiger partial charge in [0, 0.05) is 12.1 Å². The van der Waals surface area contributed by atoms with E-state index in [1.54, 1.807) is 24.3 Å². The first-order valence-corrected chi connectivity index (χ1v) is 8.58. The number of hydrogen-bond acceptors (Lipinski definition) is 5. The molecule has 2 rings (SSSR count). The fraction of sp³-hybridized carbons (Fsp3) is 0.429. The number of nitrogens with one attached hydrogen (secondary N) is 1. The van der Waals surface area contributed by atoms with Gasteiger partial charge in [0.25, 0.3) is 5.91 Å². The van der Waals surface area contributed by atoms with Gasteiger partial charge >= 0.3 is 0 Å². The van der Waals surface area contributed by atoms with Crippen LogP contribution in [-0.4, -0.2) is 31.7 Å². The predicted molar refractivity (Wildman–Crippen MR) is 79.3 cm³/mol. The molecule has 1 aromatic rings. The van der Waals surface area contributed by atoms with Crippen LogP contribution < -0.4 is 11.1 Å². The maximum atomic E-state index is 11.9. The SMILES string of the molecule is Nc1ccccc1C(=O)NC(=O)CC1CCS(=O)(=O)CC1. The van der Waals surface area contributed by atoms with E-state index in [-0.39, 0.29) is 29.4 Å². The first kappa shape index (κ1) is 15.5. The van der Waals surface area contributed by atoms with Crippen molar-refractivity contribution in [3.05, 3.63) is 29.8 Å². The fourth-order valence-electron chi connectivity index (χ4n) is 2.35. The third kappa shape index (κ3) is 4.29. The van der Waals surface area contributed by atoms with E-state index in [9.17, 15) is 18.0 Å². The summed E-state index contributed by atoms with van der Waals surface area (Å²) in [6.07, 6.45) is 1.10. The van der Waals surface area contributed by atoms with E-state index in [1.165, 1.54) is 0 Å². The van der Waals surface area contributed by atoms with Crippen LogP contribution in [0, 0.1) is 5.92 Å². The second-order valence-electron chi connectivity index (χ2n) is 5.26. The first-order chi connectivity index (χ1) is 9.87. The van der Waals surface area contributed by atoms with Gasteiger partial charge in [-0.3, -0.25) is 14.9 Å². The van der Waals surface area contributed by atoms with Gasteiger partial charge in [0.2, 0.25) is 5.91 Å². The van der Waals surface area contributed by atoms with Crippen molar-refractivity contribution in [2.24, 2.45) is 5.92 Å². The molecule has 3 N–H and O–H groups in total. The molecule has 0 atom stereocenters. The topological polar surface area (TPSA) is 106 Å². The molecule has 114 valence electrons. The minimum atomic E-state index is -2.94. The highest BCUT2D eigenvalue weighted by Crippen LogP contribution is 2.21. The third-order valence-corrected chi connectivity index (χ3v) is 5.32. The average molecular weight is 310 g/mol. The Morgan fingerprint density at radius 2 is 1.81 bits per heavy atom. The standard InChI is InChI=1S/C14H18N2O4S/c15-12-4-2-1-3-11(12)14(18)16-13(17)9-10-5-7-21(19,20)8-6-10/h1-4,10H,5-9,15H2,(H,16,17,18). The Hall–Kier alpha value is -1.89. The Labute approximate surface area is 123 Å². The summed E-state index contributed by atoms with van der Waals surface area (Å²) in [6, 6.07) is 6.51. The van der Waals surface area contributed by atoms with Gasteiger partial charge in [-0.05, 0) is 30.9 Å². The van der Waals surface area contributed by atoms with Crippen LogP contribution in [0.25, 0.3) is 0 Å². The molecule has 0 aromatic heterocycles. The van der Waals surface area contributed by atoms with Crippen molar-refractivity contribution in [3.63, 3.8) is 0 Å². The quantitative estimate of drug-likeness (QED) is 0.801. The molecule has 6 nitrogen and oxygen atoms in total. The van der Waals surface area contributed by atoms with E-state index in [1.807, 2.05) is 0 Å². The van der Waals surface area contributed by atoms with Gasteiger partial charge in [-0.15, -0.1) is 0 Å². The third-order valence-electron chi connectivity index (χ3n) is 3.61. The molecule has 1 aromatic carbocycles. The lowest BCUT2D eigenvalue weighted by molar-refractivity contribution is -0.121. The molecule has 0 saturated carbocycles. The highest BCUT2D eigenvalue weighted by atomic mass is 32.2. The van der Waals surface area contributed by atoms with Gasteiger partial charge < -0.3 is 5.73 Å². The lowest BCUT2D eigenvalue weighted by Gasteiger charge is -2.21. The Morgan fingerprint density at radius 1 is 1.19 bits per heavy atom. The summed E-state index contributed by atoms with van der Waals surface area (Å²) in [6.45, 7) is 0. The van der Waals surface area contributed by atoms with Crippen molar-refractivity contribution in [3.8, 4) is 0 Å². The highest BCUT2D eigenvalue weighted by molar-refractivity contribution is 7.91. The van der Waals surface area contributed by atoms with Gasteiger partial charge in [0.05, 0.1) is 17.1 Å². The van der Waals surface area contributed by atoms with Gasteiger partial charge in [-0.1, -0.05) is 12.1 Å². The van der Waals surface area contributed by atoms with Crippen molar-refractivity contribution >= 4 is 27.3 Å². The molecule has 0 aliphatic carbocycles. The second kappa shape index (κ2) is 6.26. The van der Waals surface area contributed by atoms with E-state index in [2.05, 4.69) is 5.32 Å². The number of rotatable bonds is 3. The number of nitrogens with two attached hydrogens (primary N) is 1. The number of hydrogen-bond donors (Lipinski definition) is 2. The number of nitrogen functional groups attached to an aromatic ring is 1. The fourth-order valence-corrected chi connectivity index (χ4v) is 3.94. The number of benzene rings is 1. The molecular formula is C14H18N2O4S. The zero-order chi connectivity index (χ0) is 15.5. The van der Waals surface area contributed by atoms with Crippen LogP contribution in [0.2, 0.25) is 0 Å². The number of sulfone groups is 1. The molecule has 21 heavy (non-hydrogen) atoms. The summed E-state index contributed by atoms with van der Waals surface area (Å²) in [4.78, 5) is 23.8. The lowest BCUT2D eigenvalue weighted by atomic mass is 9.98. The maximum absolute atomic E-state index is 11.9. The summed E-state index contributed by atoms with van der Waals surface area (Å²) in [5, 5.41) is 2.30. The molecule has 0 radical (unpaired) electrons. The number of imide groups is 1. The summed E-state index contributed by atoms with van der Waals surface area (Å²) < 4.78 is 22.6. The van der Waals surface area contributed by atoms with Gasteiger partial charge in [-0.25, -0.2) is 8.42 Å². The summed E-state index contributed by atoms with van der Waals surface area (Å²) in [5.74, 6) is -0.682. The minimum Gasteiger partial charge on any atom is -0.398 e. The zero-order valence-electron chi connectivity index (χ0n) is 11.5. The Balaban J connectivity index is 1.88. The van der Waals surface area contributed by atoms with Crippen LogP contribution in [0.5, 0.6) is 0 Å². The number of amides is 2. The van der Waals surface area contributed by atoms with Crippen LogP contribution >= 0.6 is 0 Å². The number of carbonyl (C=O) groups is 2. The van der Waals surface area contributed by atoms with Crippen molar-refractivity contribution < 1.29 is 18.0 Å². The van der Waals surface area contributed by atoms with Crippen LogP contribution in [0.4, 0.5) is 5.69 Å². The van der Waals surface area contributed by atoms with Crippen molar-refractivity contribution in [2.45, 2.75) is 19.3 Å². The molecule has 1 aliphatic rings. The molecule has 0 unspecified atom stereocenters. The molecule has 1 aliphatic heterocycles. The molecule has 2 amide bonds. The predicted octanol–water partition coefficient (Wildman–Crippen LogP) is 0.740. The molecule has 1 heterocycles. The maximum Gasteiger partial charge on any atom is 0.259 e. The number of carbonyl (C=O) groups excluding carboxylic acids is 2. The zero-order valence-corrected chi connectivity index (χ0v) is 12.4. The Kier molecular flexibility index (Phi) is 4.62. The van der Waals surface area contributed by atoms with Gasteiger partial charge in [0.1, 0.15) is 9.84 Å². The Bertz CT molecular complexity index is 641. The molecular weight excluding hydrogens is 292 g/mol. The monoisotopic (exact) mass is 310 g/mol. The minimum absolute atomic E-state index is 0.00875.